The molecule has 1 saturated heterocycles. The lowest BCUT2D eigenvalue weighted by Gasteiger charge is -2.31. The molecule has 1 aromatic carbocycles. The van der Waals surface area contributed by atoms with Gasteiger partial charge in [0.25, 0.3) is 0 Å². The number of hydrogen-bond acceptors (Lipinski definition) is 5. The minimum Gasteiger partial charge on any atom is -0.312 e. The third kappa shape index (κ3) is 3.79. The maximum Gasteiger partial charge on any atom is 0.179 e. The van der Waals surface area contributed by atoms with Crippen LogP contribution < -0.4 is 5.32 Å². The summed E-state index contributed by atoms with van der Waals surface area (Å²) in [6.07, 6.45) is 0. The fourth-order valence-corrected chi connectivity index (χ4v) is 3.60. The summed E-state index contributed by atoms with van der Waals surface area (Å²) in [5.74, 6) is 0.117. The van der Waals surface area contributed by atoms with Gasteiger partial charge in [-0.2, -0.15) is 5.26 Å². The summed E-state index contributed by atoms with van der Waals surface area (Å²) < 4.78 is 24.5. The molecule has 1 heterocycles. The van der Waals surface area contributed by atoms with Gasteiger partial charge in [0.2, 0.25) is 0 Å². The first-order valence-electron chi connectivity index (χ1n) is 6.70. The lowest BCUT2D eigenvalue weighted by molar-refractivity contribution is 0.217. The van der Waals surface area contributed by atoms with Crippen LogP contribution in [0.4, 0.5) is 0 Å². The Labute approximate surface area is 120 Å². The van der Waals surface area contributed by atoms with Crippen LogP contribution in [0.1, 0.15) is 12.5 Å². The van der Waals surface area contributed by atoms with E-state index in [1.165, 1.54) is 12.1 Å². The minimum atomic E-state index is -3.27. The molecule has 1 aliphatic heterocycles. The minimum absolute atomic E-state index is 0.117. The fraction of sp³-hybridized carbons (Fsp3) is 0.500. The molecule has 0 aromatic heterocycles. The summed E-state index contributed by atoms with van der Waals surface area (Å²) in [6.45, 7) is 5.31. The highest BCUT2D eigenvalue weighted by molar-refractivity contribution is 7.91. The first-order chi connectivity index (χ1) is 9.51. The highest BCUT2D eigenvalue weighted by Crippen LogP contribution is 2.13. The average Bonchev–Trinajstić information content (AvgIpc) is 2.45. The molecule has 20 heavy (non-hydrogen) atoms. The molecule has 108 valence electrons. The Kier molecular flexibility index (Phi) is 4.76. The van der Waals surface area contributed by atoms with Crippen molar-refractivity contribution in [1.29, 1.82) is 5.26 Å². The maximum atomic E-state index is 12.2. The lowest BCUT2D eigenvalue weighted by Crippen LogP contribution is -2.50. The molecule has 0 radical (unpaired) electrons. The van der Waals surface area contributed by atoms with E-state index in [4.69, 9.17) is 5.26 Å². The van der Waals surface area contributed by atoms with Crippen LogP contribution in [0.25, 0.3) is 0 Å². The van der Waals surface area contributed by atoms with Crippen LogP contribution in [0, 0.1) is 11.3 Å². The zero-order valence-corrected chi connectivity index (χ0v) is 12.4. The highest BCUT2D eigenvalue weighted by Gasteiger charge is 2.19. The van der Waals surface area contributed by atoms with Crippen LogP contribution in [0.2, 0.25) is 0 Å². The van der Waals surface area contributed by atoms with Gasteiger partial charge < -0.3 is 5.32 Å². The lowest BCUT2D eigenvalue weighted by atomic mass is 10.2. The molecule has 2 rings (SSSR count). The summed E-state index contributed by atoms with van der Waals surface area (Å²) in [4.78, 5) is 2.46. The third-order valence-electron chi connectivity index (χ3n) is 3.47. The van der Waals surface area contributed by atoms with Gasteiger partial charge in [-0.15, -0.1) is 0 Å². The van der Waals surface area contributed by atoms with Crippen LogP contribution in [0.3, 0.4) is 0 Å². The van der Waals surface area contributed by atoms with Crippen molar-refractivity contribution in [2.75, 3.05) is 31.9 Å². The van der Waals surface area contributed by atoms with Gasteiger partial charge >= 0.3 is 0 Å². The number of nitrogens with zero attached hydrogens (tertiary/aromatic N) is 2. The Morgan fingerprint density at radius 2 is 2.10 bits per heavy atom. The van der Waals surface area contributed by atoms with Gasteiger partial charge in [0, 0.05) is 32.2 Å². The van der Waals surface area contributed by atoms with Crippen molar-refractivity contribution >= 4 is 9.84 Å². The number of benzene rings is 1. The summed E-state index contributed by atoms with van der Waals surface area (Å²) >= 11 is 0. The summed E-state index contributed by atoms with van der Waals surface area (Å²) in [5.41, 5.74) is 0.472. The van der Waals surface area contributed by atoms with Gasteiger partial charge in [0.15, 0.2) is 9.84 Å². The van der Waals surface area contributed by atoms with E-state index in [0.29, 0.717) is 23.0 Å². The quantitative estimate of drug-likeness (QED) is 0.881. The zero-order chi connectivity index (χ0) is 14.6. The van der Waals surface area contributed by atoms with E-state index >= 15 is 0 Å². The van der Waals surface area contributed by atoms with Gasteiger partial charge in [-0.05, 0) is 31.2 Å². The molecular weight excluding hydrogens is 274 g/mol. The number of sulfone groups is 1. The van der Waals surface area contributed by atoms with Crippen molar-refractivity contribution in [3.8, 4) is 6.07 Å². The second-order valence-corrected chi connectivity index (χ2v) is 7.22. The molecule has 1 atom stereocenters. The molecule has 1 fully saturated rings. The number of hydrogen-bond donors (Lipinski definition) is 1. The van der Waals surface area contributed by atoms with Gasteiger partial charge in [0.05, 0.1) is 22.3 Å². The second kappa shape index (κ2) is 6.35. The second-order valence-electron chi connectivity index (χ2n) is 5.11. The van der Waals surface area contributed by atoms with Crippen LogP contribution >= 0.6 is 0 Å². The van der Waals surface area contributed by atoms with Gasteiger partial charge in [-0.1, -0.05) is 0 Å². The Morgan fingerprint density at radius 1 is 1.40 bits per heavy atom. The molecule has 1 N–H and O–H groups in total. The standard InChI is InChI=1S/C14H19N3O2S/c1-12-11-17(7-6-16-12)8-9-20(18,19)14-4-2-13(10-15)3-5-14/h2-5,12,16H,6-9,11H2,1H3/t12-/m0/s1. The smallest absolute Gasteiger partial charge is 0.179 e. The van der Waals surface area contributed by atoms with E-state index in [1.807, 2.05) is 6.07 Å². The predicted octanol–water partition coefficient (Wildman–Crippen LogP) is 0.626. The molecule has 0 saturated carbocycles. The van der Waals surface area contributed by atoms with Gasteiger partial charge in [0.1, 0.15) is 0 Å². The molecular formula is C14H19N3O2S. The van der Waals surface area contributed by atoms with E-state index in [9.17, 15) is 8.42 Å². The maximum absolute atomic E-state index is 12.2. The van der Waals surface area contributed by atoms with E-state index in [1.54, 1.807) is 12.1 Å². The average molecular weight is 293 g/mol. The topological polar surface area (TPSA) is 73.2 Å². The van der Waals surface area contributed by atoms with Crippen molar-refractivity contribution in [1.82, 2.24) is 10.2 Å². The monoisotopic (exact) mass is 293 g/mol. The Morgan fingerprint density at radius 3 is 2.70 bits per heavy atom. The van der Waals surface area contributed by atoms with Gasteiger partial charge in [-0.25, -0.2) is 8.42 Å². The van der Waals surface area contributed by atoms with Crippen LogP contribution in [-0.2, 0) is 9.84 Å². The summed E-state index contributed by atoms with van der Waals surface area (Å²) in [6, 6.07) is 8.49. The Bertz CT molecular complexity index is 590. The molecule has 0 amide bonds. The zero-order valence-electron chi connectivity index (χ0n) is 11.5. The van der Waals surface area contributed by atoms with Gasteiger partial charge in [-0.3, -0.25) is 4.90 Å². The van der Waals surface area contributed by atoms with E-state index < -0.39 is 9.84 Å². The van der Waals surface area contributed by atoms with Crippen LogP contribution in [-0.4, -0.2) is 51.3 Å². The number of piperazine rings is 1. The van der Waals surface area contributed by atoms with Crippen LogP contribution in [0.15, 0.2) is 29.2 Å². The van der Waals surface area contributed by atoms with Crippen molar-refractivity contribution in [3.05, 3.63) is 29.8 Å². The Balaban J connectivity index is 1.98. The number of rotatable bonds is 4. The number of nitriles is 1. The fourth-order valence-electron chi connectivity index (χ4n) is 2.32. The van der Waals surface area contributed by atoms with Crippen molar-refractivity contribution < 1.29 is 8.42 Å². The largest absolute Gasteiger partial charge is 0.312 e. The molecule has 5 nitrogen and oxygen atoms in total. The summed E-state index contributed by atoms with van der Waals surface area (Å²) in [5, 5.41) is 12.0. The van der Waals surface area contributed by atoms with Crippen molar-refractivity contribution in [2.24, 2.45) is 0 Å². The highest BCUT2D eigenvalue weighted by atomic mass is 32.2. The SMILES string of the molecule is C[C@H]1CN(CCS(=O)(=O)c2ccc(C#N)cc2)CCN1. The molecule has 6 heteroatoms. The molecule has 0 aliphatic carbocycles. The molecule has 0 unspecified atom stereocenters. The predicted molar refractivity (Wildman–Crippen MR) is 77.1 cm³/mol. The number of nitrogens with one attached hydrogen (secondary N) is 1. The first kappa shape index (κ1) is 15.0. The van der Waals surface area contributed by atoms with E-state index in [2.05, 4.69) is 17.1 Å². The molecule has 1 aromatic rings. The van der Waals surface area contributed by atoms with Crippen molar-refractivity contribution in [2.45, 2.75) is 17.9 Å². The van der Waals surface area contributed by atoms with Crippen LogP contribution in [0.5, 0.6) is 0 Å². The normalized spacial score (nSPS) is 20.5. The van der Waals surface area contributed by atoms with Crippen molar-refractivity contribution in [3.63, 3.8) is 0 Å². The summed E-state index contributed by atoms with van der Waals surface area (Å²) in [7, 11) is -3.27. The molecule has 1 aliphatic rings. The molecule has 0 bridgehead atoms. The molecule has 0 spiro atoms. The first-order valence-corrected chi connectivity index (χ1v) is 8.35. The van der Waals surface area contributed by atoms with E-state index in [0.717, 1.165) is 19.6 Å². The Hall–Kier alpha value is -1.42. The van der Waals surface area contributed by atoms with E-state index in [-0.39, 0.29) is 5.75 Å². The third-order valence-corrected chi connectivity index (χ3v) is 5.18.